The fourth-order valence-electron chi connectivity index (χ4n) is 6.39. The van der Waals surface area contributed by atoms with Crippen LogP contribution in [0.2, 0.25) is 0 Å². The van der Waals surface area contributed by atoms with Crippen molar-refractivity contribution in [3.05, 3.63) is 95.1 Å². The Hall–Kier alpha value is -4.17. The zero-order valence-electron chi connectivity index (χ0n) is 23.8. The van der Waals surface area contributed by atoms with Gasteiger partial charge >= 0.3 is 6.18 Å². The predicted octanol–water partition coefficient (Wildman–Crippen LogP) is 5.23. The second kappa shape index (κ2) is 10.8. The highest BCUT2D eigenvalue weighted by Crippen LogP contribution is 2.51. The van der Waals surface area contributed by atoms with E-state index in [1.54, 1.807) is 37.0 Å². The largest absolute Gasteiger partial charge is 0.416 e. The SMILES string of the molecule is CCN([C@H]1CCC2=Cc3c(cnn3-c3ccc(F)cc3)C[C@]2(C(=O)c2cc(C(F)(F)F)ccn2)C1)S(=O)(=O)c1cnn(C)c1. The van der Waals surface area contributed by atoms with Crippen molar-refractivity contribution >= 4 is 21.9 Å². The average Bonchev–Trinajstić information content (AvgIpc) is 3.62. The van der Waals surface area contributed by atoms with Gasteiger partial charge in [0.15, 0.2) is 5.78 Å². The number of aromatic nitrogens is 5. The zero-order chi connectivity index (χ0) is 31.4. The van der Waals surface area contributed by atoms with Gasteiger partial charge in [-0.25, -0.2) is 17.5 Å². The Morgan fingerprint density at radius 2 is 1.89 bits per heavy atom. The summed E-state index contributed by atoms with van der Waals surface area (Å²) in [5.74, 6) is -1.03. The number of carbonyl (C=O) groups is 1. The van der Waals surface area contributed by atoms with Crippen LogP contribution in [0.15, 0.2) is 71.7 Å². The number of alkyl halides is 3. The Balaban J connectivity index is 1.45. The summed E-state index contributed by atoms with van der Waals surface area (Å²) in [5, 5.41) is 8.47. The molecular weight excluding hydrogens is 600 g/mol. The van der Waals surface area contributed by atoms with Crippen LogP contribution in [0.3, 0.4) is 0 Å². The molecule has 6 rings (SSSR count). The Labute approximate surface area is 250 Å². The molecule has 9 nitrogen and oxygen atoms in total. The molecular formula is C30H28F4N6O3S. The molecule has 0 N–H and O–H groups in total. The number of nitrogens with zero attached hydrogens (tertiary/aromatic N) is 6. The van der Waals surface area contributed by atoms with Gasteiger partial charge in [0.1, 0.15) is 16.4 Å². The quantitative estimate of drug-likeness (QED) is 0.205. The van der Waals surface area contributed by atoms with Gasteiger partial charge in [-0.15, -0.1) is 0 Å². The van der Waals surface area contributed by atoms with Gasteiger partial charge in [0.2, 0.25) is 10.0 Å². The number of Topliss-reactive ketones (excluding diaryl/α,β-unsaturated/α-hetero) is 1. The number of benzene rings is 1. The zero-order valence-corrected chi connectivity index (χ0v) is 24.6. The predicted molar refractivity (Wildman–Crippen MR) is 152 cm³/mol. The van der Waals surface area contributed by atoms with Gasteiger partial charge in [-0.3, -0.25) is 14.5 Å². The molecule has 0 unspecified atom stereocenters. The molecule has 1 aromatic carbocycles. The molecule has 3 aromatic heterocycles. The number of halogens is 4. The second-order valence-corrected chi connectivity index (χ2v) is 13.0. The van der Waals surface area contributed by atoms with Crippen molar-refractivity contribution in [2.24, 2.45) is 12.5 Å². The molecule has 1 saturated carbocycles. The maximum absolute atomic E-state index is 14.4. The van der Waals surface area contributed by atoms with Crippen molar-refractivity contribution in [1.29, 1.82) is 0 Å². The van der Waals surface area contributed by atoms with Gasteiger partial charge in [0.25, 0.3) is 0 Å². The third-order valence-corrected chi connectivity index (χ3v) is 10.4. The monoisotopic (exact) mass is 628 g/mol. The summed E-state index contributed by atoms with van der Waals surface area (Å²) in [4.78, 5) is 18.5. The van der Waals surface area contributed by atoms with Crippen molar-refractivity contribution in [2.45, 2.75) is 49.7 Å². The van der Waals surface area contributed by atoms with E-state index in [-0.39, 0.29) is 30.0 Å². The highest BCUT2D eigenvalue weighted by atomic mass is 32.2. The number of carbonyl (C=O) groups excluding carboxylic acids is 1. The summed E-state index contributed by atoms with van der Waals surface area (Å²) >= 11 is 0. The average molecular weight is 629 g/mol. The maximum atomic E-state index is 14.4. The Morgan fingerprint density at radius 3 is 2.55 bits per heavy atom. The maximum Gasteiger partial charge on any atom is 0.416 e. The second-order valence-electron chi connectivity index (χ2n) is 11.1. The van der Waals surface area contributed by atoms with Crippen molar-refractivity contribution in [3.63, 3.8) is 0 Å². The third-order valence-electron chi connectivity index (χ3n) is 8.47. The van der Waals surface area contributed by atoms with E-state index in [0.29, 0.717) is 35.4 Å². The first-order valence-electron chi connectivity index (χ1n) is 14.0. The van der Waals surface area contributed by atoms with Crippen LogP contribution in [0, 0.1) is 11.2 Å². The van der Waals surface area contributed by atoms with E-state index in [2.05, 4.69) is 15.2 Å². The van der Waals surface area contributed by atoms with Crippen molar-refractivity contribution in [1.82, 2.24) is 28.9 Å². The molecule has 2 atom stereocenters. The van der Waals surface area contributed by atoms with Crippen molar-refractivity contribution < 1.29 is 30.8 Å². The molecule has 44 heavy (non-hydrogen) atoms. The first-order chi connectivity index (χ1) is 20.8. The number of pyridine rings is 1. The molecule has 2 aliphatic carbocycles. The summed E-state index contributed by atoms with van der Waals surface area (Å²) < 4.78 is 86.3. The number of allylic oxidation sites excluding steroid dienone is 1. The highest BCUT2D eigenvalue weighted by Gasteiger charge is 2.52. The fraction of sp³-hybridized carbons (Fsp3) is 0.333. The van der Waals surface area contributed by atoms with Gasteiger partial charge in [-0.1, -0.05) is 12.5 Å². The van der Waals surface area contributed by atoms with E-state index in [1.807, 2.05) is 6.08 Å². The van der Waals surface area contributed by atoms with Crippen LogP contribution in [0.4, 0.5) is 17.6 Å². The standard InChI is InChI=1S/C30H28F4N6O3S/c1-3-39(44(42,43)25-17-36-38(2)18-25)24-7-4-20-13-27-19(16-37-40(27)23-8-5-22(31)6-9-23)14-29(20,15-24)28(41)26-12-21(10-11-35-26)30(32,33)34/h5-6,8-13,16-18,24H,3-4,7,14-15H2,1-2H3/t24-,29-/m0/s1. The lowest BCUT2D eigenvalue weighted by molar-refractivity contribution is -0.137. The van der Waals surface area contributed by atoms with Gasteiger partial charge in [-0.05, 0) is 73.7 Å². The van der Waals surface area contributed by atoms with Gasteiger partial charge in [0.05, 0.1) is 34.8 Å². The summed E-state index contributed by atoms with van der Waals surface area (Å²) in [6, 6.07) is 6.67. The molecule has 1 fully saturated rings. The normalized spacial score (nSPS) is 20.2. The third kappa shape index (κ3) is 5.05. The highest BCUT2D eigenvalue weighted by molar-refractivity contribution is 7.89. The number of fused-ring (bicyclic) bond motifs is 2. The molecule has 0 spiro atoms. The van der Waals surface area contributed by atoms with Gasteiger partial charge in [-0.2, -0.15) is 27.7 Å². The first kappa shape index (κ1) is 29.9. The lowest BCUT2D eigenvalue weighted by Crippen LogP contribution is -2.50. The van der Waals surface area contributed by atoms with Crippen molar-refractivity contribution in [2.75, 3.05) is 6.54 Å². The first-order valence-corrected chi connectivity index (χ1v) is 15.4. The molecule has 0 aliphatic heterocycles. The molecule has 3 heterocycles. The van der Waals surface area contributed by atoms with Crippen LogP contribution >= 0.6 is 0 Å². The summed E-state index contributed by atoms with van der Waals surface area (Å²) in [6.07, 6.45) is 3.12. The van der Waals surface area contributed by atoms with Crippen LogP contribution < -0.4 is 0 Å². The summed E-state index contributed by atoms with van der Waals surface area (Å²) in [6.45, 7) is 1.81. The van der Waals surface area contributed by atoms with Crippen LogP contribution in [0.25, 0.3) is 11.8 Å². The van der Waals surface area contributed by atoms with Gasteiger partial charge < -0.3 is 0 Å². The summed E-state index contributed by atoms with van der Waals surface area (Å²) in [5.41, 5.74) is -0.153. The number of hydrogen-bond donors (Lipinski definition) is 0. The van der Waals surface area contributed by atoms with Crippen LogP contribution in [0.5, 0.6) is 0 Å². The van der Waals surface area contributed by atoms with Crippen molar-refractivity contribution in [3.8, 4) is 5.69 Å². The minimum Gasteiger partial charge on any atom is -0.291 e. The van der Waals surface area contributed by atoms with E-state index in [9.17, 15) is 30.8 Å². The number of hydrogen-bond acceptors (Lipinski definition) is 6. The number of rotatable bonds is 7. The lowest BCUT2D eigenvalue weighted by Gasteiger charge is -2.46. The van der Waals surface area contributed by atoms with E-state index < -0.39 is 44.8 Å². The number of ketones is 1. The van der Waals surface area contributed by atoms with E-state index >= 15 is 0 Å². The van der Waals surface area contributed by atoms with E-state index in [4.69, 9.17) is 0 Å². The minimum absolute atomic E-state index is 0.00890. The van der Waals surface area contributed by atoms with Crippen LogP contribution in [-0.2, 0) is 29.7 Å². The topological polar surface area (TPSA) is 103 Å². The fourth-order valence-corrected chi connectivity index (χ4v) is 8.03. The lowest BCUT2D eigenvalue weighted by atomic mass is 9.60. The Bertz CT molecular complexity index is 1880. The minimum atomic E-state index is -4.68. The van der Waals surface area contributed by atoms with Gasteiger partial charge in [0, 0.05) is 32.0 Å². The van der Waals surface area contributed by atoms with Crippen LogP contribution in [0.1, 0.15) is 53.5 Å². The molecule has 0 bridgehead atoms. The molecule has 14 heteroatoms. The Morgan fingerprint density at radius 1 is 1.14 bits per heavy atom. The summed E-state index contributed by atoms with van der Waals surface area (Å²) in [7, 11) is -2.39. The molecule has 2 aliphatic rings. The molecule has 0 radical (unpaired) electrons. The Kier molecular flexibility index (Phi) is 7.31. The van der Waals surface area contributed by atoms with E-state index in [0.717, 1.165) is 18.3 Å². The smallest absolute Gasteiger partial charge is 0.291 e. The van der Waals surface area contributed by atoms with E-state index in [1.165, 1.54) is 33.5 Å². The molecule has 0 amide bonds. The van der Waals surface area contributed by atoms with Crippen LogP contribution in [-0.4, -0.2) is 55.6 Å². The number of sulfonamides is 1. The molecule has 0 saturated heterocycles. The molecule has 4 aromatic rings. The number of aryl methyl sites for hydroxylation is 1. The molecule has 230 valence electrons.